The van der Waals surface area contributed by atoms with Crippen molar-refractivity contribution in [2.24, 2.45) is 0 Å². The number of esters is 1. The van der Waals surface area contributed by atoms with Gasteiger partial charge in [0, 0.05) is 17.0 Å². The summed E-state index contributed by atoms with van der Waals surface area (Å²) in [6, 6.07) is 10.8. The topological polar surface area (TPSA) is 38.3 Å². The lowest BCUT2D eigenvalue weighted by atomic mass is 10.0. The molecule has 112 valence electrons. The number of hydrogen-bond acceptors (Lipinski definition) is 4. The zero-order valence-electron chi connectivity index (χ0n) is 12.6. The van der Waals surface area contributed by atoms with Crippen molar-refractivity contribution >= 4 is 17.7 Å². The quantitative estimate of drug-likeness (QED) is 0.709. The molecule has 3 nitrogen and oxygen atoms in total. The fourth-order valence-electron chi connectivity index (χ4n) is 2.04. The second kappa shape index (κ2) is 9.83. The number of carbonyl (C=O) groups is 1. The van der Waals surface area contributed by atoms with E-state index in [1.165, 1.54) is 12.7 Å². The lowest BCUT2D eigenvalue weighted by Gasteiger charge is -2.25. The summed E-state index contributed by atoms with van der Waals surface area (Å²) in [6.45, 7) is 5.38. The molecule has 0 bridgehead atoms. The molecule has 1 aromatic carbocycles. The summed E-state index contributed by atoms with van der Waals surface area (Å²) < 4.78 is 4.67. The number of methoxy groups -OCH3 is 1. The second-order valence-electron chi connectivity index (χ2n) is 4.74. The Morgan fingerprint density at radius 2 is 2.05 bits per heavy atom. The van der Waals surface area contributed by atoms with E-state index in [1.54, 1.807) is 0 Å². The Balaban J connectivity index is 2.56. The molecule has 0 heterocycles. The van der Waals surface area contributed by atoms with E-state index in [4.69, 9.17) is 0 Å². The molecule has 0 radical (unpaired) electrons. The van der Waals surface area contributed by atoms with Gasteiger partial charge in [0.25, 0.3) is 0 Å². The summed E-state index contributed by atoms with van der Waals surface area (Å²) in [5.41, 5.74) is 1.30. The second-order valence-corrected chi connectivity index (χ2v) is 6.23. The van der Waals surface area contributed by atoms with Crippen molar-refractivity contribution in [3.8, 4) is 0 Å². The third-order valence-electron chi connectivity index (χ3n) is 3.16. The minimum Gasteiger partial charge on any atom is -0.469 e. The molecule has 0 aliphatic heterocycles. The van der Waals surface area contributed by atoms with Crippen molar-refractivity contribution in [3.63, 3.8) is 0 Å². The summed E-state index contributed by atoms with van der Waals surface area (Å²) in [5, 5.41) is 4.01. The van der Waals surface area contributed by atoms with Gasteiger partial charge in [-0.05, 0) is 18.5 Å². The molecule has 1 rings (SSSR count). The van der Waals surface area contributed by atoms with Crippen molar-refractivity contribution in [2.75, 3.05) is 19.4 Å². The monoisotopic (exact) mass is 295 g/mol. The Morgan fingerprint density at radius 1 is 1.35 bits per heavy atom. The molecule has 0 aromatic heterocycles. The van der Waals surface area contributed by atoms with Gasteiger partial charge >= 0.3 is 5.97 Å². The molecule has 0 aliphatic carbocycles. The molecule has 0 amide bonds. The van der Waals surface area contributed by atoms with Crippen LogP contribution < -0.4 is 5.32 Å². The van der Waals surface area contributed by atoms with Crippen molar-refractivity contribution in [2.45, 2.75) is 38.0 Å². The predicted octanol–water partition coefficient (Wildman–Crippen LogP) is 3.41. The molecule has 4 heteroatoms. The summed E-state index contributed by atoms with van der Waals surface area (Å²) in [4.78, 5) is 11.2. The van der Waals surface area contributed by atoms with E-state index in [9.17, 15) is 4.79 Å². The van der Waals surface area contributed by atoms with E-state index >= 15 is 0 Å². The highest BCUT2D eigenvalue weighted by Crippen LogP contribution is 2.26. The molecule has 2 atom stereocenters. The van der Waals surface area contributed by atoms with E-state index in [0.717, 1.165) is 18.7 Å². The average Bonchev–Trinajstić information content (AvgIpc) is 2.48. The van der Waals surface area contributed by atoms with Crippen LogP contribution in [0.5, 0.6) is 0 Å². The highest BCUT2D eigenvalue weighted by Gasteiger charge is 2.19. The number of rotatable bonds is 9. The van der Waals surface area contributed by atoms with Crippen LogP contribution in [0.25, 0.3) is 0 Å². The Hall–Kier alpha value is -1.00. The van der Waals surface area contributed by atoms with Gasteiger partial charge in [0.05, 0.1) is 13.5 Å². The van der Waals surface area contributed by atoms with Gasteiger partial charge in [-0.3, -0.25) is 4.79 Å². The molecular formula is C16H25NO2S. The molecule has 1 aromatic rings. The number of nitrogens with one attached hydrogen (secondary N) is 1. The van der Waals surface area contributed by atoms with Gasteiger partial charge < -0.3 is 10.1 Å². The van der Waals surface area contributed by atoms with Gasteiger partial charge in [-0.15, -0.1) is 0 Å². The maximum absolute atomic E-state index is 11.2. The smallest absolute Gasteiger partial charge is 0.306 e. The van der Waals surface area contributed by atoms with Crippen LogP contribution in [-0.2, 0) is 9.53 Å². The van der Waals surface area contributed by atoms with E-state index in [1.807, 2.05) is 17.8 Å². The highest BCUT2D eigenvalue weighted by atomic mass is 32.2. The molecule has 0 fully saturated rings. The lowest BCUT2D eigenvalue weighted by molar-refractivity contribution is -0.140. The number of carbonyl (C=O) groups excluding carboxylic acids is 1. The van der Waals surface area contributed by atoms with Gasteiger partial charge in [-0.2, -0.15) is 11.8 Å². The van der Waals surface area contributed by atoms with Crippen LogP contribution in [0.1, 0.15) is 38.3 Å². The van der Waals surface area contributed by atoms with Crippen LogP contribution in [-0.4, -0.2) is 30.6 Å². The van der Waals surface area contributed by atoms with Crippen molar-refractivity contribution < 1.29 is 9.53 Å². The molecular weight excluding hydrogens is 270 g/mol. The summed E-state index contributed by atoms with van der Waals surface area (Å²) in [6.07, 6.45) is 1.59. The number of benzene rings is 1. The third kappa shape index (κ3) is 5.97. The van der Waals surface area contributed by atoms with Crippen molar-refractivity contribution in [1.29, 1.82) is 0 Å². The molecule has 0 saturated carbocycles. The first-order chi connectivity index (χ1) is 9.69. The Kier molecular flexibility index (Phi) is 8.38. The minimum absolute atomic E-state index is 0.137. The maximum Gasteiger partial charge on any atom is 0.306 e. The van der Waals surface area contributed by atoms with E-state index in [0.29, 0.717) is 17.7 Å². The van der Waals surface area contributed by atoms with Crippen LogP contribution in [0.2, 0.25) is 0 Å². The van der Waals surface area contributed by atoms with Crippen LogP contribution in [0.4, 0.5) is 0 Å². The van der Waals surface area contributed by atoms with Crippen LogP contribution in [0.15, 0.2) is 30.3 Å². The molecule has 0 aliphatic rings. The van der Waals surface area contributed by atoms with E-state index < -0.39 is 0 Å². The zero-order valence-corrected chi connectivity index (χ0v) is 13.4. The first-order valence-corrected chi connectivity index (χ1v) is 8.20. The van der Waals surface area contributed by atoms with Gasteiger partial charge in [0.15, 0.2) is 0 Å². The molecule has 0 saturated heterocycles. The third-order valence-corrected chi connectivity index (χ3v) is 4.39. The SMILES string of the molecule is CCCNC(c1ccccc1)C(C)SCCC(=O)OC. The van der Waals surface area contributed by atoms with Crippen LogP contribution in [0, 0.1) is 0 Å². The highest BCUT2D eigenvalue weighted by molar-refractivity contribution is 7.99. The molecule has 2 unspecified atom stereocenters. The normalized spacial score (nSPS) is 13.8. The predicted molar refractivity (Wildman–Crippen MR) is 86.0 cm³/mol. The zero-order chi connectivity index (χ0) is 14.8. The van der Waals surface area contributed by atoms with Gasteiger partial charge in [-0.25, -0.2) is 0 Å². The average molecular weight is 295 g/mol. The standard InChI is InChI=1S/C16H25NO2S/c1-4-11-17-16(14-8-6-5-7-9-14)13(2)20-12-10-15(18)19-3/h5-9,13,16-17H,4,10-12H2,1-3H3. The maximum atomic E-state index is 11.2. The van der Waals surface area contributed by atoms with E-state index in [-0.39, 0.29) is 5.97 Å². The number of ether oxygens (including phenoxy) is 1. The first kappa shape index (κ1) is 17.1. The summed E-state index contributed by atoms with van der Waals surface area (Å²) >= 11 is 1.81. The lowest BCUT2D eigenvalue weighted by Crippen LogP contribution is -2.29. The minimum atomic E-state index is -0.137. The molecule has 1 N–H and O–H groups in total. The first-order valence-electron chi connectivity index (χ1n) is 7.15. The molecule has 20 heavy (non-hydrogen) atoms. The van der Waals surface area contributed by atoms with Crippen molar-refractivity contribution in [1.82, 2.24) is 5.32 Å². The summed E-state index contributed by atoms with van der Waals surface area (Å²) in [5.74, 6) is 0.660. The number of thioether (sulfide) groups is 1. The van der Waals surface area contributed by atoms with Crippen LogP contribution >= 0.6 is 11.8 Å². The van der Waals surface area contributed by atoms with Gasteiger partial charge in [0.2, 0.25) is 0 Å². The van der Waals surface area contributed by atoms with Gasteiger partial charge in [-0.1, -0.05) is 44.2 Å². The Labute approximate surface area is 126 Å². The van der Waals surface area contributed by atoms with Crippen molar-refractivity contribution in [3.05, 3.63) is 35.9 Å². The molecule has 0 spiro atoms. The van der Waals surface area contributed by atoms with Crippen LogP contribution in [0.3, 0.4) is 0 Å². The fourth-order valence-corrected chi connectivity index (χ4v) is 3.14. The Bertz CT molecular complexity index is 383. The van der Waals surface area contributed by atoms with E-state index in [2.05, 4.69) is 48.2 Å². The number of hydrogen-bond donors (Lipinski definition) is 1. The fraction of sp³-hybridized carbons (Fsp3) is 0.562. The Morgan fingerprint density at radius 3 is 2.65 bits per heavy atom. The largest absolute Gasteiger partial charge is 0.469 e. The summed E-state index contributed by atoms with van der Waals surface area (Å²) in [7, 11) is 1.44. The van der Waals surface area contributed by atoms with Gasteiger partial charge in [0.1, 0.15) is 0 Å².